The third-order valence-electron chi connectivity index (χ3n) is 7.59. The summed E-state index contributed by atoms with van der Waals surface area (Å²) in [7, 11) is 0. The summed E-state index contributed by atoms with van der Waals surface area (Å²) in [5.74, 6) is 1.51. The number of H-pyrrole nitrogens is 1. The molecule has 4 heterocycles. The normalized spacial score (nSPS) is 15.2. The molecule has 5 nitrogen and oxygen atoms in total. The first kappa shape index (κ1) is 21.8. The van der Waals surface area contributed by atoms with Crippen molar-refractivity contribution in [3.63, 3.8) is 0 Å². The van der Waals surface area contributed by atoms with Crippen LogP contribution in [0, 0.1) is 26.7 Å². The van der Waals surface area contributed by atoms with Crippen LogP contribution in [-0.4, -0.2) is 20.1 Å². The predicted octanol–water partition coefficient (Wildman–Crippen LogP) is 7.53. The fraction of sp³-hybridized carbons (Fsp3) is 0.300. The van der Waals surface area contributed by atoms with Gasteiger partial charge in [-0.1, -0.05) is 53.9 Å². The van der Waals surface area contributed by atoms with Gasteiger partial charge in [0.25, 0.3) is 0 Å². The number of rotatable bonds is 5. The molecule has 4 aromatic heterocycles. The number of aromatic nitrogens is 4. The lowest BCUT2D eigenvalue weighted by Crippen LogP contribution is -2.15. The molecule has 5 aromatic rings. The second-order valence-electron chi connectivity index (χ2n) is 9.85. The number of hydrogen-bond donors (Lipinski definition) is 1. The highest BCUT2D eigenvalue weighted by Crippen LogP contribution is 2.47. The lowest BCUT2D eigenvalue weighted by atomic mass is 9.78. The highest BCUT2D eigenvalue weighted by Gasteiger charge is 2.34. The summed E-state index contributed by atoms with van der Waals surface area (Å²) in [5, 5.41) is 4.28. The average Bonchev–Trinajstić information content (AvgIpc) is 3.62. The number of aromatic amines is 1. The lowest BCUT2D eigenvalue weighted by Gasteiger charge is -2.26. The van der Waals surface area contributed by atoms with Gasteiger partial charge >= 0.3 is 0 Å². The monoisotopic (exact) mass is 462 g/mol. The Balaban J connectivity index is 1.65. The van der Waals surface area contributed by atoms with Crippen molar-refractivity contribution >= 4 is 11.0 Å². The molecule has 1 aliphatic carbocycles. The molecule has 1 aromatic carbocycles. The van der Waals surface area contributed by atoms with E-state index in [0.29, 0.717) is 5.92 Å². The van der Waals surface area contributed by atoms with E-state index in [1.54, 1.807) is 0 Å². The molecule has 6 rings (SSSR count). The first-order valence-electron chi connectivity index (χ1n) is 12.5. The van der Waals surface area contributed by atoms with E-state index in [-0.39, 0.29) is 5.92 Å². The van der Waals surface area contributed by atoms with Gasteiger partial charge < -0.3 is 9.51 Å². The van der Waals surface area contributed by atoms with Crippen LogP contribution in [0.2, 0.25) is 0 Å². The van der Waals surface area contributed by atoms with Crippen LogP contribution in [0.25, 0.3) is 33.3 Å². The number of hydrogen-bond acceptors (Lipinski definition) is 4. The Hall–Kier alpha value is -3.73. The van der Waals surface area contributed by atoms with Gasteiger partial charge in [0.15, 0.2) is 0 Å². The molecule has 0 spiro atoms. The van der Waals surface area contributed by atoms with Crippen LogP contribution in [-0.2, 0) is 0 Å². The molecular weight excluding hydrogens is 432 g/mol. The van der Waals surface area contributed by atoms with Gasteiger partial charge in [0, 0.05) is 46.9 Å². The molecule has 176 valence electrons. The van der Waals surface area contributed by atoms with Crippen molar-refractivity contribution in [1.82, 2.24) is 20.1 Å². The van der Waals surface area contributed by atoms with Crippen molar-refractivity contribution in [2.75, 3.05) is 0 Å². The molecule has 0 radical (unpaired) electrons. The molecular formula is C30H30N4O. The number of pyridine rings is 2. The maximum absolute atomic E-state index is 5.61. The maximum Gasteiger partial charge on any atom is 0.141 e. The smallest absolute Gasteiger partial charge is 0.141 e. The van der Waals surface area contributed by atoms with Crippen molar-refractivity contribution < 1.29 is 4.52 Å². The van der Waals surface area contributed by atoms with Gasteiger partial charge in [0.05, 0.1) is 16.7 Å². The number of benzene rings is 1. The summed E-state index contributed by atoms with van der Waals surface area (Å²) in [5.41, 5.74) is 11.0. The second-order valence-corrected chi connectivity index (χ2v) is 9.85. The molecule has 1 N–H and O–H groups in total. The molecule has 0 aliphatic heterocycles. The zero-order valence-electron chi connectivity index (χ0n) is 20.5. The maximum atomic E-state index is 5.61. The minimum absolute atomic E-state index is 0.164. The SMILES string of the molecule is Cc1ccc(-c2c[nH]c3c([C@@H](c4ccccn4)C4CCCC4)c(-c4c(C)noc4C)cnc23)cc1. The molecule has 35 heavy (non-hydrogen) atoms. The fourth-order valence-corrected chi connectivity index (χ4v) is 5.91. The molecule has 1 atom stereocenters. The third-order valence-corrected chi connectivity index (χ3v) is 7.59. The first-order valence-corrected chi connectivity index (χ1v) is 12.5. The van der Waals surface area contributed by atoms with Crippen LogP contribution < -0.4 is 0 Å². The van der Waals surface area contributed by atoms with E-state index in [2.05, 4.69) is 59.7 Å². The predicted molar refractivity (Wildman–Crippen MR) is 139 cm³/mol. The van der Waals surface area contributed by atoms with E-state index in [1.165, 1.54) is 42.4 Å². The van der Waals surface area contributed by atoms with Gasteiger partial charge in [-0.25, -0.2) is 0 Å². The van der Waals surface area contributed by atoms with Crippen molar-refractivity contribution in [2.24, 2.45) is 5.92 Å². The zero-order valence-corrected chi connectivity index (χ0v) is 20.5. The number of nitrogens with one attached hydrogen (secondary N) is 1. The van der Waals surface area contributed by atoms with Crippen LogP contribution >= 0.6 is 0 Å². The number of nitrogens with zero attached hydrogens (tertiary/aromatic N) is 3. The minimum Gasteiger partial charge on any atom is -0.361 e. The topological polar surface area (TPSA) is 67.6 Å². The Morgan fingerprint density at radius 3 is 2.43 bits per heavy atom. The van der Waals surface area contributed by atoms with Gasteiger partial charge in [-0.3, -0.25) is 9.97 Å². The Bertz CT molecular complexity index is 1460. The van der Waals surface area contributed by atoms with Gasteiger partial charge in [0.2, 0.25) is 0 Å². The summed E-state index contributed by atoms with van der Waals surface area (Å²) >= 11 is 0. The molecule has 1 saturated carbocycles. The Morgan fingerprint density at radius 2 is 1.74 bits per heavy atom. The second kappa shape index (κ2) is 8.81. The number of fused-ring (bicyclic) bond motifs is 1. The number of aryl methyl sites for hydroxylation is 3. The molecule has 0 saturated heterocycles. The van der Waals surface area contributed by atoms with Gasteiger partial charge in [-0.05, 0) is 62.8 Å². The van der Waals surface area contributed by atoms with Crippen LogP contribution in [0.1, 0.15) is 59.9 Å². The van der Waals surface area contributed by atoms with Gasteiger partial charge in [-0.15, -0.1) is 0 Å². The standard InChI is InChI=1S/C30H30N4O/c1-18-11-13-21(14-12-18)23-16-33-30-28(24(17-32-29(23)30)26-19(2)34-35-20(26)3)27(22-8-4-5-9-22)25-10-6-7-15-31-25/h6-7,10-17,22,27,33H,4-5,8-9H2,1-3H3/t27-/m1/s1. The van der Waals surface area contributed by atoms with Crippen molar-refractivity contribution in [3.05, 3.63) is 89.3 Å². The highest BCUT2D eigenvalue weighted by atomic mass is 16.5. The lowest BCUT2D eigenvalue weighted by molar-refractivity contribution is 0.393. The van der Waals surface area contributed by atoms with Crippen LogP contribution in [0.3, 0.4) is 0 Å². The average molecular weight is 463 g/mol. The van der Waals surface area contributed by atoms with Crippen LogP contribution in [0.5, 0.6) is 0 Å². The third kappa shape index (κ3) is 3.75. The molecule has 0 amide bonds. The summed E-state index contributed by atoms with van der Waals surface area (Å²) in [6.45, 7) is 6.11. The van der Waals surface area contributed by atoms with Crippen molar-refractivity contribution in [2.45, 2.75) is 52.4 Å². The van der Waals surface area contributed by atoms with Crippen LogP contribution in [0.15, 0.2) is 65.6 Å². The molecule has 0 unspecified atom stereocenters. The van der Waals surface area contributed by atoms with E-state index < -0.39 is 0 Å². The van der Waals surface area contributed by atoms with Crippen LogP contribution in [0.4, 0.5) is 0 Å². The molecule has 1 aliphatic rings. The van der Waals surface area contributed by atoms with E-state index in [4.69, 9.17) is 14.5 Å². The molecule has 1 fully saturated rings. The molecule has 5 heteroatoms. The van der Waals surface area contributed by atoms with E-state index in [0.717, 1.165) is 44.9 Å². The van der Waals surface area contributed by atoms with Gasteiger partial charge in [-0.2, -0.15) is 0 Å². The minimum atomic E-state index is 0.164. The Morgan fingerprint density at radius 1 is 0.943 bits per heavy atom. The van der Waals surface area contributed by atoms with Crippen molar-refractivity contribution in [1.29, 1.82) is 0 Å². The zero-order chi connectivity index (χ0) is 23.9. The molecule has 0 bridgehead atoms. The first-order chi connectivity index (χ1) is 17.1. The highest BCUT2D eigenvalue weighted by molar-refractivity contribution is 5.97. The quantitative estimate of drug-likeness (QED) is 0.293. The van der Waals surface area contributed by atoms with E-state index in [1.807, 2.05) is 32.3 Å². The van der Waals surface area contributed by atoms with Gasteiger partial charge in [0.1, 0.15) is 5.76 Å². The summed E-state index contributed by atoms with van der Waals surface area (Å²) in [4.78, 5) is 13.5. The largest absolute Gasteiger partial charge is 0.361 e. The Kier molecular flexibility index (Phi) is 5.48. The fourth-order valence-electron chi connectivity index (χ4n) is 5.91. The summed E-state index contributed by atoms with van der Waals surface area (Å²) in [6.07, 6.45) is 11.0. The summed E-state index contributed by atoms with van der Waals surface area (Å²) < 4.78 is 5.61. The van der Waals surface area contributed by atoms with Crippen molar-refractivity contribution in [3.8, 4) is 22.3 Å². The van der Waals surface area contributed by atoms with E-state index in [9.17, 15) is 0 Å². The Labute approximate surface area is 205 Å². The summed E-state index contributed by atoms with van der Waals surface area (Å²) in [6, 6.07) is 14.9. The van der Waals surface area contributed by atoms with E-state index >= 15 is 0 Å².